The van der Waals surface area contributed by atoms with Crippen LogP contribution in [0.25, 0.3) is 0 Å². The molecule has 0 aliphatic carbocycles. The molecule has 1 saturated heterocycles. The van der Waals surface area contributed by atoms with Gasteiger partial charge in [-0.2, -0.15) is 0 Å². The van der Waals surface area contributed by atoms with Gasteiger partial charge in [0, 0.05) is 26.1 Å². The third-order valence-electron chi connectivity index (χ3n) is 4.28. The van der Waals surface area contributed by atoms with E-state index in [1.807, 2.05) is 0 Å². The first-order chi connectivity index (χ1) is 10.3. The Balaban J connectivity index is 1.67. The molecule has 0 spiro atoms. The minimum Gasteiger partial charge on any atom is -0.343 e. The molecule has 21 heavy (non-hydrogen) atoms. The molecule has 3 heteroatoms. The maximum Gasteiger partial charge on any atom is 0.223 e. The second kappa shape index (κ2) is 8.83. The summed E-state index contributed by atoms with van der Waals surface area (Å²) in [6.07, 6.45) is 5.20. The van der Waals surface area contributed by atoms with E-state index in [1.165, 1.54) is 5.56 Å². The summed E-state index contributed by atoms with van der Waals surface area (Å²) in [5, 5.41) is 3.30. The van der Waals surface area contributed by atoms with Gasteiger partial charge in [0.15, 0.2) is 0 Å². The maximum atomic E-state index is 12.1. The Hall–Kier alpha value is -1.35. The Labute approximate surface area is 128 Å². The van der Waals surface area contributed by atoms with Crippen LogP contribution in [-0.2, 0) is 11.2 Å². The zero-order valence-corrected chi connectivity index (χ0v) is 13.2. The van der Waals surface area contributed by atoms with Crippen LogP contribution in [0.2, 0.25) is 0 Å². The van der Waals surface area contributed by atoms with Gasteiger partial charge >= 0.3 is 0 Å². The quantitative estimate of drug-likeness (QED) is 0.783. The number of benzene rings is 1. The van der Waals surface area contributed by atoms with E-state index in [2.05, 4.69) is 47.5 Å². The van der Waals surface area contributed by atoms with Crippen LogP contribution in [-0.4, -0.2) is 37.0 Å². The molecule has 1 aromatic rings. The fourth-order valence-corrected chi connectivity index (χ4v) is 2.99. The van der Waals surface area contributed by atoms with Crippen molar-refractivity contribution in [2.45, 2.75) is 39.0 Å². The van der Waals surface area contributed by atoms with E-state index in [1.54, 1.807) is 0 Å². The van der Waals surface area contributed by atoms with Crippen molar-refractivity contribution in [3.8, 4) is 0 Å². The van der Waals surface area contributed by atoms with Crippen LogP contribution in [0.4, 0.5) is 0 Å². The Morgan fingerprint density at radius 1 is 1.19 bits per heavy atom. The molecular weight excluding hydrogens is 260 g/mol. The lowest BCUT2D eigenvalue weighted by molar-refractivity contribution is -0.132. The first-order valence-electron chi connectivity index (χ1n) is 8.32. The number of rotatable bonds is 7. The number of hydrogen-bond acceptors (Lipinski definition) is 2. The Bertz CT molecular complexity index is 410. The largest absolute Gasteiger partial charge is 0.343 e. The number of amides is 1. The molecule has 116 valence electrons. The molecule has 1 heterocycles. The van der Waals surface area contributed by atoms with Gasteiger partial charge in [0.2, 0.25) is 5.91 Å². The highest BCUT2D eigenvalue weighted by molar-refractivity contribution is 5.76. The molecule has 1 fully saturated rings. The molecule has 1 aliphatic rings. The van der Waals surface area contributed by atoms with Crippen molar-refractivity contribution in [3.05, 3.63) is 35.9 Å². The van der Waals surface area contributed by atoms with Crippen molar-refractivity contribution < 1.29 is 4.79 Å². The number of nitrogens with one attached hydrogen (secondary N) is 1. The molecular formula is C18H28N2O. The summed E-state index contributed by atoms with van der Waals surface area (Å²) in [5.74, 6) is 1.05. The summed E-state index contributed by atoms with van der Waals surface area (Å²) in [7, 11) is 0. The summed E-state index contributed by atoms with van der Waals surface area (Å²) in [6, 6.07) is 10.7. The van der Waals surface area contributed by atoms with Crippen molar-refractivity contribution in [1.82, 2.24) is 10.2 Å². The van der Waals surface area contributed by atoms with Crippen LogP contribution in [0.1, 0.15) is 38.2 Å². The average Bonchev–Trinajstić information content (AvgIpc) is 2.53. The summed E-state index contributed by atoms with van der Waals surface area (Å²) < 4.78 is 0. The summed E-state index contributed by atoms with van der Waals surface area (Å²) >= 11 is 0. The van der Waals surface area contributed by atoms with E-state index in [0.717, 1.165) is 57.8 Å². The molecule has 3 nitrogen and oxygen atoms in total. The van der Waals surface area contributed by atoms with Gasteiger partial charge < -0.3 is 10.2 Å². The Kier molecular flexibility index (Phi) is 6.74. The standard InChI is InChI=1S/C18H28N2O/c1-2-11-19-12-8-18(21)20-13-9-17(10-14-20)15-16-6-4-3-5-7-16/h3-7,17,19H,2,8-15H2,1H3. The molecule has 2 rings (SSSR count). The van der Waals surface area contributed by atoms with Gasteiger partial charge in [-0.25, -0.2) is 0 Å². The fourth-order valence-electron chi connectivity index (χ4n) is 2.99. The number of hydrogen-bond donors (Lipinski definition) is 1. The monoisotopic (exact) mass is 288 g/mol. The molecule has 0 bridgehead atoms. The summed E-state index contributed by atoms with van der Waals surface area (Å²) in [5.41, 5.74) is 1.42. The molecule has 0 unspecified atom stereocenters. The van der Waals surface area contributed by atoms with Crippen molar-refractivity contribution in [1.29, 1.82) is 0 Å². The van der Waals surface area contributed by atoms with Crippen molar-refractivity contribution in [3.63, 3.8) is 0 Å². The van der Waals surface area contributed by atoms with Gasteiger partial charge in [0.1, 0.15) is 0 Å². The molecule has 1 aliphatic heterocycles. The van der Waals surface area contributed by atoms with Crippen LogP contribution in [0.3, 0.4) is 0 Å². The zero-order valence-electron chi connectivity index (χ0n) is 13.2. The highest BCUT2D eigenvalue weighted by Gasteiger charge is 2.22. The fraction of sp³-hybridized carbons (Fsp3) is 0.611. The highest BCUT2D eigenvalue weighted by Crippen LogP contribution is 2.21. The van der Waals surface area contributed by atoms with E-state index in [-0.39, 0.29) is 0 Å². The minimum atomic E-state index is 0.316. The van der Waals surface area contributed by atoms with E-state index >= 15 is 0 Å². The normalized spacial score (nSPS) is 16.1. The number of likely N-dealkylation sites (tertiary alicyclic amines) is 1. The van der Waals surface area contributed by atoms with Crippen LogP contribution < -0.4 is 5.32 Å². The predicted molar refractivity (Wildman–Crippen MR) is 87.2 cm³/mol. The van der Waals surface area contributed by atoms with Gasteiger partial charge in [0.25, 0.3) is 0 Å². The topological polar surface area (TPSA) is 32.3 Å². The van der Waals surface area contributed by atoms with Crippen LogP contribution in [0.5, 0.6) is 0 Å². The third-order valence-corrected chi connectivity index (χ3v) is 4.28. The van der Waals surface area contributed by atoms with Gasteiger partial charge in [-0.3, -0.25) is 4.79 Å². The van der Waals surface area contributed by atoms with Crippen molar-refractivity contribution in [2.24, 2.45) is 5.92 Å². The number of carbonyl (C=O) groups excluding carboxylic acids is 1. The van der Waals surface area contributed by atoms with Crippen molar-refractivity contribution >= 4 is 5.91 Å². The van der Waals surface area contributed by atoms with E-state index in [4.69, 9.17) is 0 Å². The molecule has 1 amide bonds. The maximum absolute atomic E-state index is 12.1. The molecule has 0 saturated carbocycles. The van der Waals surface area contributed by atoms with Crippen molar-refractivity contribution in [2.75, 3.05) is 26.2 Å². The van der Waals surface area contributed by atoms with Gasteiger partial charge in [-0.05, 0) is 43.7 Å². The minimum absolute atomic E-state index is 0.316. The first kappa shape index (κ1) is 16.0. The Morgan fingerprint density at radius 3 is 2.57 bits per heavy atom. The summed E-state index contributed by atoms with van der Waals surface area (Å²) in [6.45, 7) is 5.84. The SMILES string of the molecule is CCCNCCC(=O)N1CCC(Cc2ccccc2)CC1. The smallest absolute Gasteiger partial charge is 0.223 e. The average molecular weight is 288 g/mol. The molecule has 1 aromatic carbocycles. The first-order valence-corrected chi connectivity index (χ1v) is 8.32. The lowest BCUT2D eigenvalue weighted by Crippen LogP contribution is -2.40. The number of piperidine rings is 1. The van der Waals surface area contributed by atoms with Crippen LogP contribution >= 0.6 is 0 Å². The number of carbonyl (C=O) groups is 1. The third kappa shape index (κ3) is 5.50. The van der Waals surface area contributed by atoms with Crippen LogP contribution in [0.15, 0.2) is 30.3 Å². The second-order valence-corrected chi connectivity index (χ2v) is 6.01. The lowest BCUT2D eigenvalue weighted by Gasteiger charge is -2.32. The van der Waals surface area contributed by atoms with E-state index < -0.39 is 0 Å². The Morgan fingerprint density at radius 2 is 1.90 bits per heavy atom. The molecule has 1 N–H and O–H groups in total. The molecule has 0 atom stereocenters. The zero-order chi connectivity index (χ0) is 14.9. The predicted octanol–water partition coefficient (Wildman–Crippen LogP) is 2.86. The van der Waals surface area contributed by atoms with E-state index in [0.29, 0.717) is 12.3 Å². The van der Waals surface area contributed by atoms with E-state index in [9.17, 15) is 4.79 Å². The van der Waals surface area contributed by atoms with Gasteiger partial charge in [-0.1, -0.05) is 37.3 Å². The lowest BCUT2D eigenvalue weighted by atomic mass is 9.90. The summed E-state index contributed by atoms with van der Waals surface area (Å²) in [4.78, 5) is 14.2. The van der Waals surface area contributed by atoms with Gasteiger partial charge in [0.05, 0.1) is 0 Å². The highest BCUT2D eigenvalue weighted by atomic mass is 16.2. The second-order valence-electron chi connectivity index (χ2n) is 6.01. The molecule has 0 radical (unpaired) electrons. The van der Waals surface area contributed by atoms with Gasteiger partial charge in [-0.15, -0.1) is 0 Å². The molecule has 0 aromatic heterocycles. The van der Waals surface area contributed by atoms with Crippen LogP contribution in [0, 0.1) is 5.92 Å². The number of nitrogens with zero attached hydrogens (tertiary/aromatic N) is 1.